The van der Waals surface area contributed by atoms with Crippen LogP contribution in [0.2, 0.25) is 0 Å². The zero-order chi connectivity index (χ0) is 7.61. The second kappa shape index (κ2) is 2.50. The predicted molar refractivity (Wildman–Crippen MR) is 31.5 cm³/mol. The molecule has 1 aromatic rings. The van der Waals surface area contributed by atoms with Gasteiger partial charge in [0, 0.05) is 6.20 Å². The third kappa shape index (κ3) is 1.64. The van der Waals surface area contributed by atoms with E-state index in [0.717, 1.165) is 0 Å². The highest BCUT2D eigenvalue weighted by molar-refractivity contribution is 7.57. The van der Waals surface area contributed by atoms with Crippen molar-refractivity contribution in [2.45, 2.75) is 0 Å². The highest BCUT2D eigenvalue weighted by Gasteiger charge is 1.94. The van der Waals surface area contributed by atoms with Gasteiger partial charge in [-0.1, -0.05) is 6.07 Å². The SMILES string of the molecule is O=P([O-])([O-])c1ccccn1. The molecule has 0 aliphatic rings. The maximum absolute atomic E-state index is 10.2. The van der Waals surface area contributed by atoms with Gasteiger partial charge in [-0.3, -0.25) is 4.98 Å². The van der Waals surface area contributed by atoms with Crippen molar-refractivity contribution in [2.75, 3.05) is 0 Å². The summed E-state index contributed by atoms with van der Waals surface area (Å²) in [4.78, 5) is 23.8. The van der Waals surface area contributed by atoms with Crippen molar-refractivity contribution in [2.24, 2.45) is 0 Å². The fraction of sp³-hybridized carbons (Fsp3) is 0. The molecule has 54 valence electrons. The second-order valence-electron chi connectivity index (χ2n) is 1.69. The highest BCUT2D eigenvalue weighted by atomic mass is 31.2. The molecule has 10 heavy (non-hydrogen) atoms. The number of pyridine rings is 1. The Balaban J connectivity index is 3.09. The Morgan fingerprint density at radius 3 is 2.40 bits per heavy atom. The average molecular weight is 157 g/mol. The van der Waals surface area contributed by atoms with Crippen LogP contribution in [0.5, 0.6) is 0 Å². The zero-order valence-electron chi connectivity index (χ0n) is 4.93. The summed E-state index contributed by atoms with van der Waals surface area (Å²) in [6, 6.07) is 4.16. The van der Waals surface area contributed by atoms with Crippen LogP contribution in [0.25, 0.3) is 0 Å². The van der Waals surface area contributed by atoms with Gasteiger partial charge in [0.2, 0.25) is 0 Å². The second-order valence-corrected chi connectivity index (χ2v) is 3.14. The van der Waals surface area contributed by atoms with Crippen molar-refractivity contribution in [3.05, 3.63) is 24.4 Å². The van der Waals surface area contributed by atoms with Gasteiger partial charge in [0.15, 0.2) is 0 Å². The smallest absolute Gasteiger partial charge is 0.0714 e. The van der Waals surface area contributed by atoms with Gasteiger partial charge in [-0.2, -0.15) is 0 Å². The summed E-state index contributed by atoms with van der Waals surface area (Å²) in [6.07, 6.45) is 1.26. The summed E-state index contributed by atoms with van der Waals surface area (Å²) < 4.78 is 10.2. The molecular formula is C5H4NO3P-2. The minimum absolute atomic E-state index is 0.407. The summed E-state index contributed by atoms with van der Waals surface area (Å²) in [5.41, 5.74) is -0.407. The topological polar surface area (TPSA) is 76.1 Å². The van der Waals surface area contributed by atoms with Crippen molar-refractivity contribution in [3.63, 3.8) is 0 Å². The molecule has 0 spiro atoms. The van der Waals surface area contributed by atoms with Gasteiger partial charge in [-0.15, -0.1) is 0 Å². The van der Waals surface area contributed by atoms with Gasteiger partial charge in [-0.25, -0.2) is 0 Å². The Hall–Kier alpha value is -0.700. The summed E-state index contributed by atoms with van der Waals surface area (Å²) in [5, 5.41) is 0. The van der Waals surface area contributed by atoms with E-state index >= 15 is 0 Å². The van der Waals surface area contributed by atoms with E-state index in [1.807, 2.05) is 0 Å². The molecule has 0 N–H and O–H groups in total. The lowest BCUT2D eigenvalue weighted by Gasteiger charge is -2.27. The lowest BCUT2D eigenvalue weighted by atomic mass is 10.5. The number of aromatic nitrogens is 1. The molecule has 1 heterocycles. The van der Waals surface area contributed by atoms with Crippen LogP contribution in [0.3, 0.4) is 0 Å². The van der Waals surface area contributed by atoms with E-state index in [1.54, 1.807) is 6.07 Å². The Morgan fingerprint density at radius 1 is 1.40 bits per heavy atom. The van der Waals surface area contributed by atoms with Crippen molar-refractivity contribution in [1.82, 2.24) is 4.98 Å². The van der Waals surface area contributed by atoms with E-state index in [2.05, 4.69) is 4.98 Å². The molecule has 0 saturated heterocycles. The fourth-order valence-corrected chi connectivity index (χ4v) is 0.992. The Labute approximate surface area is 57.7 Å². The molecule has 0 amide bonds. The van der Waals surface area contributed by atoms with Crippen molar-refractivity contribution < 1.29 is 14.4 Å². The fourth-order valence-electron chi connectivity index (χ4n) is 0.516. The minimum Gasteiger partial charge on any atom is -0.806 e. The lowest BCUT2D eigenvalue weighted by molar-refractivity contribution is -0.308. The number of rotatable bonds is 1. The molecule has 1 aromatic heterocycles. The maximum atomic E-state index is 10.2. The molecule has 0 aliphatic heterocycles. The third-order valence-corrected chi connectivity index (χ3v) is 1.76. The van der Waals surface area contributed by atoms with Crippen molar-refractivity contribution in [3.8, 4) is 0 Å². The third-order valence-electron chi connectivity index (χ3n) is 0.930. The van der Waals surface area contributed by atoms with Crippen LogP contribution in [0.15, 0.2) is 24.4 Å². The van der Waals surface area contributed by atoms with Crippen LogP contribution in [-0.2, 0) is 4.57 Å². The zero-order valence-corrected chi connectivity index (χ0v) is 5.82. The highest BCUT2D eigenvalue weighted by Crippen LogP contribution is 2.18. The monoisotopic (exact) mass is 157 g/mol. The van der Waals surface area contributed by atoms with Crippen LogP contribution < -0.4 is 15.2 Å². The first-order chi connectivity index (χ1) is 4.61. The predicted octanol–water partition coefficient (Wildman–Crippen LogP) is -1.38. The molecule has 0 saturated carbocycles. The molecule has 0 radical (unpaired) electrons. The van der Waals surface area contributed by atoms with Gasteiger partial charge in [0.05, 0.1) is 5.44 Å². The summed E-state index contributed by atoms with van der Waals surface area (Å²) in [6.45, 7) is 0. The van der Waals surface area contributed by atoms with Crippen LogP contribution >= 0.6 is 7.60 Å². The summed E-state index contributed by atoms with van der Waals surface area (Å²) in [7, 11) is -4.63. The molecule has 0 fully saturated rings. The summed E-state index contributed by atoms with van der Waals surface area (Å²) in [5.74, 6) is 0. The number of hydrogen-bond acceptors (Lipinski definition) is 4. The van der Waals surface area contributed by atoms with Crippen LogP contribution in [0.1, 0.15) is 0 Å². The van der Waals surface area contributed by atoms with Crippen LogP contribution in [-0.4, -0.2) is 4.98 Å². The molecular weight excluding hydrogens is 153 g/mol. The molecule has 0 unspecified atom stereocenters. The van der Waals surface area contributed by atoms with Gasteiger partial charge < -0.3 is 14.4 Å². The van der Waals surface area contributed by atoms with E-state index in [-0.39, 0.29) is 0 Å². The Morgan fingerprint density at radius 2 is 2.10 bits per heavy atom. The minimum atomic E-state index is -4.63. The number of hydrogen-bond donors (Lipinski definition) is 0. The first-order valence-corrected chi connectivity index (χ1v) is 4.08. The summed E-state index contributed by atoms with van der Waals surface area (Å²) >= 11 is 0. The van der Waals surface area contributed by atoms with Gasteiger partial charge >= 0.3 is 0 Å². The Kier molecular flexibility index (Phi) is 1.85. The van der Waals surface area contributed by atoms with Gasteiger partial charge in [-0.05, 0) is 19.7 Å². The van der Waals surface area contributed by atoms with E-state index in [4.69, 9.17) is 0 Å². The van der Waals surface area contributed by atoms with Gasteiger partial charge in [0.1, 0.15) is 0 Å². The quantitative estimate of drug-likeness (QED) is 0.471. The van der Waals surface area contributed by atoms with E-state index in [0.29, 0.717) is 0 Å². The molecule has 0 atom stereocenters. The van der Waals surface area contributed by atoms with Crippen molar-refractivity contribution >= 4 is 13.0 Å². The normalized spacial score (nSPS) is 11.4. The first kappa shape index (κ1) is 7.41. The first-order valence-electron chi connectivity index (χ1n) is 2.54. The van der Waals surface area contributed by atoms with Crippen molar-refractivity contribution in [1.29, 1.82) is 0 Å². The Bertz CT molecular complexity index is 255. The maximum Gasteiger partial charge on any atom is 0.0714 e. The van der Waals surface area contributed by atoms with Gasteiger partial charge in [0.25, 0.3) is 0 Å². The molecule has 4 nitrogen and oxygen atoms in total. The van der Waals surface area contributed by atoms with E-state index < -0.39 is 13.0 Å². The lowest BCUT2D eigenvalue weighted by Crippen LogP contribution is -2.26. The van der Waals surface area contributed by atoms with E-state index in [9.17, 15) is 14.4 Å². The molecule has 5 heteroatoms. The standard InChI is InChI=1S/C5H6NO3P/c7-10(8,9)5-3-1-2-4-6-5/h1-4H,(H2,7,8,9)/p-2. The molecule has 0 aromatic carbocycles. The van der Waals surface area contributed by atoms with Crippen LogP contribution in [0, 0.1) is 0 Å². The number of nitrogens with zero attached hydrogens (tertiary/aromatic N) is 1. The van der Waals surface area contributed by atoms with E-state index in [1.165, 1.54) is 18.3 Å². The average Bonchev–Trinajstić information content (AvgIpc) is 1.88. The molecule has 0 bridgehead atoms. The van der Waals surface area contributed by atoms with Crippen LogP contribution in [0.4, 0.5) is 0 Å². The largest absolute Gasteiger partial charge is 0.806 e. The molecule has 0 aliphatic carbocycles. The molecule has 1 rings (SSSR count).